The molecule has 0 saturated carbocycles. The van der Waals surface area contributed by atoms with Crippen LogP contribution >= 0.6 is 11.6 Å². The van der Waals surface area contributed by atoms with Gasteiger partial charge in [-0.05, 0) is 51.3 Å². The fourth-order valence-electron chi connectivity index (χ4n) is 2.59. The lowest BCUT2D eigenvalue weighted by atomic mass is 10.0. The predicted molar refractivity (Wildman–Crippen MR) is 82.3 cm³/mol. The number of hydrogen-bond acceptors (Lipinski definition) is 3. The van der Waals surface area contributed by atoms with Crippen LogP contribution in [0.2, 0.25) is 5.02 Å². The summed E-state index contributed by atoms with van der Waals surface area (Å²) in [4.78, 5) is 13.7. The molecule has 0 radical (unpaired) electrons. The first kappa shape index (κ1) is 17.0. The molecule has 1 fully saturated rings. The molecule has 1 saturated heterocycles. The summed E-state index contributed by atoms with van der Waals surface area (Å²) in [6.45, 7) is 5.90. The molecule has 4 nitrogen and oxygen atoms in total. The van der Waals surface area contributed by atoms with E-state index in [0.29, 0.717) is 18.5 Å². The molecule has 0 bridgehead atoms. The highest BCUT2D eigenvalue weighted by molar-refractivity contribution is 6.30. The Kier molecular flexibility index (Phi) is 4.97. The number of benzene rings is 1. The van der Waals surface area contributed by atoms with Crippen molar-refractivity contribution in [3.63, 3.8) is 0 Å². The summed E-state index contributed by atoms with van der Waals surface area (Å²) in [5.74, 6) is -0.583. The average Bonchev–Trinajstić information content (AvgIpc) is 2.88. The number of likely N-dealkylation sites (tertiary alicyclic amines) is 1. The van der Waals surface area contributed by atoms with Crippen LogP contribution in [0.1, 0.15) is 45.3 Å². The lowest BCUT2D eigenvalue weighted by molar-refractivity contribution is 0.00487. The number of rotatable bonds is 2. The van der Waals surface area contributed by atoms with Crippen molar-refractivity contribution in [2.24, 2.45) is 0 Å². The molecule has 0 spiro atoms. The van der Waals surface area contributed by atoms with E-state index in [0.717, 1.165) is 6.42 Å². The van der Waals surface area contributed by atoms with E-state index in [1.165, 1.54) is 17.0 Å². The Morgan fingerprint density at radius 3 is 2.77 bits per heavy atom. The molecule has 1 aliphatic rings. The summed E-state index contributed by atoms with van der Waals surface area (Å²) < 4.78 is 18.9. The number of amides is 1. The van der Waals surface area contributed by atoms with Crippen LogP contribution in [0.15, 0.2) is 18.2 Å². The van der Waals surface area contributed by atoms with Crippen LogP contribution in [0.4, 0.5) is 9.18 Å². The fraction of sp³-hybridized carbons (Fsp3) is 0.562. The molecule has 1 aromatic rings. The van der Waals surface area contributed by atoms with Gasteiger partial charge in [0.05, 0.1) is 17.2 Å². The third kappa shape index (κ3) is 3.90. The summed E-state index contributed by atoms with van der Waals surface area (Å²) in [5.41, 5.74) is -0.191. The smallest absolute Gasteiger partial charge is 0.410 e. The standard InChI is InChI=1S/C16H21ClFNO3/c1-16(2,3)22-15(21)19-8-4-5-13(19)14(20)10-6-7-11(17)12(18)9-10/h6-7,9,13-14,20H,4-5,8H2,1-3H3. The van der Waals surface area contributed by atoms with Crippen LogP contribution in [-0.4, -0.2) is 34.3 Å². The third-order valence-corrected chi connectivity index (χ3v) is 3.88. The second-order valence-electron chi connectivity index (χ2n) is 6.50. The van der Waals surface area contributed by atoms with Crippen molar-refractivity contribution in [1.29, 1.82) is 0 Å². The molecular weight excluding hydrogens is 309 g/mol. The maximum atomic E-state index is 13.6. The first-order valence-corrected chi connectivity index (χ1v) is 7.69. The molecule has 122 valence electrons. The first-order valence-electron chi connectivity index (χ1n) is 7.31. The van der Waals surface area contributed by atoms with Gasteiger partial charge in [-0.15, -0.1) is 0 Å². The first-order chi connectivity index (χ1) is 10.2. The van der Waals surface area contributed by atoms with Crippen LogP contribution in [0.5, 0.6) is 0 Å². The number of hydrogen-bond donors (Lipinski definition) is 1. The monoisotopic (exact) mass is 329 g/mol. The van der Waals surface area contributed by atoms with Crippen molar-refractivity contribution in [3.05, 3.63) is 34.6 Å². The van der Waals surface area contributed by atoms with Gasteiger partial charge < -0.3 is 14.7 Å². The molecule has 6 heteroatoms. The normalized spacial score (nSPS) is 20.1. The molecule has 1 heterocycles. The molecule has 2 unspecified atom stereocenters. The van der Waals surface area contributed by atoms with Gasteiger partial charge in [0, 0.05) is 6.54 Å². The minimum atomic E-state index is -0.971. The number of carbonyl (C=O) groups is 1. The van der Waals surface area contributed by atoms with E-state index < -0.39 is 29.7 Å². The Morgan fingerprint density at radius 1 is 1.50 bits per heavy atom. The van der Waals surface area contributed by atoms with Crippen LogP contribution in [-0.2, 0) is 4.74 Å². The third-order valence-electron chi connectivity index (χ3n) is 3.58. The van der Waals surface area contributed by atoms with Gasteiger partial charge in [0.2, 0.25) is 0 Å². The quantitative estimate of drug-likeness (QED) is 0.895. The minimum Gasteiger partial charge on any atom is -0.444 e. The van der Waals surface area contributed by atoms with Gasteiger partial charge in [-0.3, -0.25) is 0 Å². The summed E-state index contributed by atoms with van der Waals surface area (Å²) in [5, 5.41) is 10.5. The lowest BCUT2D eigenvalue weighted by Crippen LogP contribution is -2.42. The van der Waals surface area contributed by atoms with E-state index in [2.05, 4.69) is 0 Å². The highest BCUT2D eigenvalue weighted by atomic mass is 35.5. The van der Waals surface area contributed by atoms with Crippen molar-refractivity contribution in [1.82, 2.24) is 4.90 Å². The number of halogens is 2. The van der Waals surface area contributed by atoms with Crippen LogP contribution in [0.3, 0.4) is 0 Å². The van der Waals surface area contributed by atoms with Gasteiger partial charge in [0.1, 0.15) is 11.4 Å². The number of nitrogens with zero attached hydrogens (tertiary/aromatic N) is 1. The summed E-state index contributed by atoms with van der Waals surface area (Å²) in [6.07, 6.45) is -0.00733. The molecule has 1 aromatic carbocycles. The zero-order valence-electron chi connectivity index (χ0n) is 13.0. The van der Waals surface area contributed by atoms with Crippen molar-refractivity contribution in [2.75, 3.05) is 6.54 Å². The van der Waals surface area contributed by atoms with E-state index in [4.69, 9.17) is 16.3 Å². The molecule has 2 atom stereocenters. The van der Waals surface area contributed by atoms with E-state index in [9.17, 15) is 14.3 Å². The molecule has 1 amide bonds. The SMILES string of the molecule is CC(C)(C)OC(=O)N1CCCC1C(O)c1ccc(Cl)c(F)c1. The molecule has 22 heavy (non-hydrogen) atoms. The Morgan fingerprint density at radius 2 is 2.18 bits per heavy atom. The van der Waals surface area contributed by atoms with E-state index in [-0.39, 0.29) is 5.02 Å². The molecular formula is C16H21ClFNO3. The maximum Gasteiger partial charge on any atom is 0.410 e. The highest BCUT2D eigenvalue weighted by Gasteiger charge is 2.37. The largest absolute Gasteiger partial charge is 0.444 e. The Bertz CT molecular complexity index is 559. The van der Waals surface area contributed by atoms with Crippen molar-refractivity contribution >= 4 is 17.7 Å². The van der Waals surface area contributed by atoms with Crippen LogP contribution in [0.25, 0.3) is 0 Å². The van der Waals surface area contributed by atoms with Crippen LogP contribution in [0, 0.1) is 5.82 Å². The minimum absolute atomic E-state index is 0.00590. The molecule has 0 aromatic heterocycles. The topological polar surface area (TPSA) is 49.8 Å². The van der Waals surface area contributed by atoms with Crippen LogP contribution < -0.4 is 0 Å². The summed E-state index contributed by atoms with van der Waals surface area (Å²) in [7, 11) is 0. The number of aliphatic hydroxyl groups is 1. The van der Waals surface area contributed by atoms with E-state index in [1.807, 2.05) is 0 Å². The van der Waals surface area contributed by atoms with Gasteiger partial charge >= 0.3 is 6.09 Å². The van der Waals surface area contributed by atoms with E-state index in [1.54, 1.807) is 26.8 Å². The zero-order chi connectivity index (χ0) is 16.5. The average molecular weight is 330 g/mol. The number of ether oxygens (including phenoxy) is 1. The molecule has 0 aliphatic carbocycles. The molecule has 1 N–H and O–H groups in total. The maximum absolute atomic E-state index is 13.6. The predicted octanol–water partition coefficient (Wildman–Crippen LogP) is 3.91. The highest BCUT2D eigenvalue weighted by Crippen LogP contribution is 2.31. The van der Waals surface area contributed by atoms with Gasteiger partial charge in [0.25, 0.3) is 0 Å². The Balaban J connectivity index is 2.15. The van der Waals surface area contributed by atoms with Crippen molar-refractivity contribution < 1.29 is 19.0 Å². The number of aliphatic hydroxyl groups excluding tert-OH is 1. The molecule has 1 aliphatic heterocycles. The summed E-state index contributed by atoms with van der Waals surface area (Å²) in [6, 6.07) is 3.76. The second-order valence-corrected chi connectivity index (χ2v) is 6.91. The Hall–Kier alpha value is -1.33. The zero-order valence-corrected chi connectivity index (χ0v) is 13.7. The van der Waals surface area contributed by atoms with Gasteiger partial charge in [0.15, 0.2) is 0 Å². The fourth-order valence-corrected chi connectivity index (χ4v) is 2.70. The van der Waals surface area contributed by atoms with Gasteiger partial charge in [-0.1, -0.05) is 17.7 Å². The summed E-state index contributed by atoms with van der Waals surface area (Å²) >= 11 is 5.66. The lowest BCUT2D eigenvalue weighted by Gasteiger charge is -2.31. The van der Waals surface area contributed by atoms with Crippen molar-refractivity contribution in [3.8, 4) is 0 Å². The van der Waals surface area contributed by atoms with Gasteiger partial charge in [-0.25, -0.2) is 9.18 Å². The second kappa shape index (κ2) is 6.42. The van der Waals surface area contributed by atoms with E-state index >= 15 is 0 Å². The Labute approximate surface area is 134 Å². The van der Waals surface area contributed by atoms with Gasteiger partial charge in [-0.2, -0.15) is 0 Å². The number of carbonyl (C=O) groups excluding carboxylic acids is 1. The molecule has 2 rings (SSSR count). The van der Waals surface area contributed by atoms with Crippen molar-refractivity contribution in [2.45, 2.75) is 51.4 Å².